The Kier molecular flexibility index (Phi) is 4.42. The quantitative estimate of drug-likeness (QED) is 0.868. The Morgan fingerprint density at radius 2 is 2.00 bits per heavy atom. The molecule has 1 aliphatic rings. The summed E-state index contributed by atoms with van der Waals surface area (Å²) in [5, 5.41) is 10.2. The summed E-state index contributed by atoms with van der Waals surface area (Å²) in [5.41, 5.74) is 1.04. The Labute approximate surface area is 106 Å². The summed E-state index contributed by atoms with van der Waals surface area (Å²) >= 11 is 3.44. The van der Waals surface area contributed by atoms with Crippen molar-refractivity contribution < 1.29 is 5.11 Å². The van der Waals surface area contributed by atoms with Gasteiger partial charge in [-0.15, -0.1) is 0 Å². The first kappa shape index (κ1) is 12.1. The molecule has 0 radical (unpaired) electrons. The second-order valence-corrected chi connectivity index (χ2v) is 5.73. The molecule has 1 unspecified atom stereocenters. The number of rotatable bonds is 3. The van der Waals surface area contributed by atoms with Gasteiger partial charge in [0.1, 0.15) is 0 Å². The highest BCUT2D eigenvalue weighted by Gasteiger charge is 2.18. The highest BCUT2D eigenvalue weighted by molar-refractivity contribution is 9.10. The van der Waals surface area contributed by atoms with Crippen LogP contribution in [0.25, 0.3) is 0 Å². The molecule has 1 nitrogen and oxygen atoms in total. The summed E-state index contributed by atoms with van der Waals surface area (Å²) < 4.78 is 1.05. The molecular weight excluding hydrogens is 264 g/mol. The fourth-order valence-electron chi connectivity index (χ4n) is 2.59. The van der Waals surface area contributed by atoms with Crippen LogP contribution in [0.3, 0.4) is 0 Å². The van der Waals surface area contributed by atoms with Gasteiger partial charge in [-0.25, -0.2) is 0 Å². The second-order valence-electron chi connectivity index (χ2n) is 4.81. The van der Waals surface area contributed by atoms with Crippen molar-refractivity contribution in [3.05, 3.63) is 34.3 Å². The van der Waals surface area contributed by atoms with Crippen LogP contribution in [0.4, 0.5) is 0 Å². The number of benzene rings is 1. The van der Waals surface area contributed by atoms with E-state index >= 15 is 0 Å². The lowest BCUT2D eigenvalue weighted by Gasteiger charge is -2.24. The fourth-order valence-corrected chi connectivity index (χ4v) is 3.01. The fraction of sp³-hybridized carbons (Fsp3) is 0.571. The van der Waals surface area contributed by atoms with Crippen molar-refractivity contribution >= 4 is 15.9 Å². The zero-order valence-corrected chi connectivity index (χ0v) is 11.1. The van der Waals surface area contributed by atoms with Gasteiger partial charge >= 0.3 is 0 Å². The number of hydrogen-bond donors (Lipinski definition) is 1. The summed E-state index contributed by atoms with van der Waals surface area (Å²) in [6.07, 6.45) is 7.29. The molecule has 1 aliphatic carbocycles. The maximum atomic E-state index is 10.2. The minimum atomic E-state index is -0.291. The minimum absolute atomic E-state index is 0.291. The molecule has 0 aliphatic heterocycles. The predicted octanol–water partition coefficient (Wildman–Crippen LogP) is 4.45. The molecule has 16 heavy (non-hydrogen) atoms. The number of halogens is 1. The normalized spacial score (nSPS) is 19.6. The van der Waals surface area contributed by atoms with E-state index in [0.29, 0.717) is 0 Å². The van der Waals surface area contributed by atoms with Crippen LogP contribution in [-0.2, 0) is 0 Å². The van der Waals surface area contributed by atoms with E-state index in [1.807, 2.05) is 24.3 Å². The van der Waals surface area contributed by atoms with Gasteiger partial charge in [-0.1, -0.05) is 60.2 Å². The largest absolute Gasteiger partial charge is 0.388 e. The van der Waals surface area contributed by atoms with Crippen LogP contribution in [0.1, 0.15) is 50.2 Å². The molecule has 1 N–H and O–H groups in total. The summed E-state index contributed by atoms with van der Waals surface area (Å²) in [4.78, 5) is 0. The number of hydrogen-bond acceptors (Lipinski definition) is 1. The van der Waals surface area contributed by atoms with Crippen LogP contribution in [0, 0.1) is 5.92 Å². The third kappa shape index (κ3) is 3.33. The SMILES string of the molecule is OC(CC1CCCCC1)c1cccc(Br)c1. The van der Waals surface area contributed by atoms with E-state index in [0.717, 1.165) is 22.4 Å². The van der Waals surface area contributed by atoms with Crippen molar-refractivity contribution in [3.8, 4) is 0 Å². The van der Waals surface area contributed by atoms with Gasteiger partial charge in [-0.3, -0.25) is 0 Å². The van der Waals surface area contributed by atoms with Gasteiger partial charge in [0.2, 0.25) is 0 Å². The molecule has 0 aromatic heterocycles. The lowest BCUT2D eigenvalue weighted by molar-refractivity contribution is 0.131. The molecular formula is C14H19BrO. The topological polar surface area (TPSA) is 20.2 Å². The molecule has 2 rings (SSSR count). The van der Waals surface area contributed by atoms with Gasteiger partial charge in [0.25, 0.3) is 0 Å². The van der Waals surface area contributed by atoms with Gasteiger partial charge in [0, 0.05) is 4.47 Å². The third-order valence-corrected chi connectivity index (χ3v) is 4.01. The molecule has 2 heteroatoms. The molecule has 1 fully saturated rings. The van der Waals surface area contributed by atoms with Crippen molar-refractivity contribution in [2.24, 2.45) is 5.92 Å². The van der Waals surface area contributed by atoms with E-state index in [1.165, 1.54) is 32.1 Å². The van der Waals surface area contributed by atoms with E-state index < -0.39 is 0 Å². The smallest absolute Gasteiger partial charge is 0.0793 e. The molecule has 1 aromatic rings. The zero-order valence-electron chi connectivity index (χ0n) is 9.53. The van der Waals surface area contributed by atoms with E-state index in [1.54, 1.807) is 0 Å². The number of aliphatic hydroxyl groups excluding tert-OH is 1. The average Bonchev–Trinajstić information content (AvgIpc) is 2.30. The Bertz CT molecular complexity index is 331. The lowest BCUT2D eigenvalue weighted by Crippen LogP contribution is -2.11. The minimum Gasteiger partial charge on any atom is -0.388 e. The van der Waals surface area contributed by atoms with Crippen molar-refractivity contribution in [2.75, 3.05) is 0 Å². The van der Waals surface area contributed by atoms with Crippen molar-refractivity contribution in [1.82, 2.24) is 0 Å². The Balaban J connectivity index is 1.94. The predicted molar refractivity (Wildman–Crippen MR) is 70.3 cm³/mol. The van der Waals surface area contributed by atoms with Crippen LogP contribution in [-0.4, -0.2) is 5.11 Å². The summed E-state index contributed by atoms with van der Waals surface area (Å²) in [5.74, 6) is 0.725. The van der Waals surface area contributed by atoms with Crippen molar-refractivity contribution in [1.29, 1.82) is 0 Å². The van der Waals surface area contributed by atoms with Crippen molar-refractivity contribution in [2.45, 2.75) is 44.6 Å². The van der Waals surface area contributed by atoms with Crippen LogP contribution >= 0.6 is 15.9 Å². The highest BCUT2D eigenvalue weighted by atomic mass is 79.9. The van der Waals surface area contributed by atoms with Crippen LogP contribution in [0.2, 0.25) is 0 Å². The summed E-state index contributed by atoms with van der Waals surface area (Å²) in [6, 6.07) is 8.02. The van der Waals surface area contributed by atoms with Crippen LogP contribution < -0.4 is 0 Å². The van der Waals surface area contributed by atoms with Gasteiger partial charge < -0.3 is 5.11 Å². The average molecular weight is 283 g/mol. The monoisotopic (exact) mass is 282 g/mol. The molecule has 1 atom stereocenters. The van der Waals surface area contributed by atoms with Gasteiger partial charge in [0.05, 0.1) is 6.10 Å². The van der Waals surface area contributed by atoms with E-state index in [9.17, 15) is 5.11 Å². The van der Waals surface area contributed by atoms with Crippen LogP contribution in [0.5, 0.6) is 0 Å². The van der Waals surface area contributed by atoms with Gasteiger partial charge in [-0.05, 0) is 30.0 Å². The highest BCUT2D eigenvalue weighted by Crippen LogP contribution is 2.32. The summed E-state index contributed by atoms with van der Waals surface area (Å²) in [7, 11) is 0. The molecule has 0 spiro atoms. The third-order valence-electron chi connectivity index (χ3n) is 3.51. The Hall–Kier alpha value is -0.340. The zero-order chi connectivity index (χ0) is 11.4. The molecule has 1 saturated carbocycles. The maximum Gasteiger partial charge on any atom is 0.0793 e. The van der Waals surface area contributed by atoms with E-state index in [4.69, 9.17) is 0 Å². The second kappa shape index (κ2) is 5.83. The molecule has 0 heterocycles. The Morgan fingerprint density at radius 3 is 2.69 bits per heavy atom. The Morgan fingerprint density at radius 1 is 1.25 bits per heavy atom. The van der Waals surface area contributed by atoms with E-state index in [2.05, 4.69) is 15.9 Å². The van der Waals surface area contributed by atoms with Gasteiger partial charge in [-0.2, -0.15) is 0 Å². The first-order valence-corrected chi connectivity index (χ1v) is 6.98. The summed E-state index contributed by atoms with van der Waals surface area (Å²) in [6.45, 7) is 0. The first-order chi connectivity index (χ1) is 7.75. The molecule has 0 saturated heterocycles. The standard InChI is InChI=1S/C14H19BrO/c15-13-8-4-7-12(10-13)14(16)9-11-5-2-1-3-6-11/h4,7-8,10-11,14,16H,1-3,5-6,9H2. The molecule has 1 aromatic carbocycles. The number of aliphatic hydroxyl groups is 1. The van der Waals surface area contributed by atoms with Crippen molar-refractivity contribution in [3.63, 3.8) is 0 Å². The van der Waals surface area contributed by atoms with Crippen LogP contribution in [0.15, 0.2) is 28.7 Å². The lowest BCUT2D eigenvalue weighted by atomic mass is 9.84. The first-order valence-electron chi connectivity index (χ1n) is 6.19. The van der Waals surface area contributed by atoms with Gasteiger partial charge in [0.15, 0.2) is 0 Å². The molecule has 0 amide bonds. The molecule has 88 valence electrons. The van der Waals surface area contributed by atoms with E-state index in [-0.39, 0.29) is 6.10 Å². The maximum absolute atomic E-state index is 10.2. The molecule has 0 bridgehead atoms.